The number of carbonyl (C=O) groups excluding carboxylic acids is 1. The lowest BCUT2D eigenvalue weighted by atomic mass is 10.1. The first kappa shape index (κ1) is 16.5. The van der Waals surface area contributed by atoms with E-state index in [4.69, 9.17) is 0 Å². The molecule has 0 spiro atoms. The normalized spacial score (nSPS) is 11.0. The van der Waals surface area contributed by atoms with Crippen LogP contribution in [0.1, 0.15) is 31.8 Å². The molecule has 2 heterocycles. The molecule has 0 aliphatic carbocycles. The number of aromatic amines is 1. The number of imidazole rings is 1. The average Bonchev–Trinajstić information content (AvgIpc) is 3.23. The molecule has 2 aromatic carbocycles. The zero-order chi connectivity index (χ0) is 17.9. The van der Waals surface area contributed by atoms with E-state index in [1.165, 1.54) is 5.56 Å². The number of benzene rings is 2. The average molecular weight is 362 g/mol. The van der Waals surface area contributed by atoms with E-state index >= 15 is 0 Å². The molecule has 0 fully saturated rings. The van der Waals surface area contributed by atoms with Crippen molar-refractivity contribution >= 4 is 28.3 Å². The largest absolute Gasteiger partial charge is 0.343 e. The van der Waals surface area contributed by atoms with Crippen LogP contribution >= 0.6 is 11.3 Å². The molecule has 26 heavy (non-hydrogen) atoms. The van der Waals surface area contributed by atoms with E-state index in [9.17, 15) is 4.79 Å². The van der Waals surface area contributed by atoms with Gasteiger partial charge in [-0.1, -0.05) is 42.5 Å². The zero-order valence-corrected chi connectivity index (χ0v) is 15.1. The summed E-state index contributed by atoms with van der Waals surface area (Å²) in [5.74, 6) is 0.567. The van der Waals surface area contributed by atoms with Crippen LogP contribution in [-0.2, 0) is 13.0 Å². The quantitative estimate of drug-likeness (QED) is 0.566. The summed E-state index contributed by atoms with van der Waals surface area (Å²) in [6, 6.07) is 17.9. The number of carbonyl (C=O) groups is 1. The monoisotopic (exact) mass is 362 g/mol. The number of hydrogen-bond acceptors (Lipinski definition) is 4. The number of rotatable bonds is 5. The molecule has 2 N–H and O–H groups in total. The molecule has 1 amide bonds. The SMILES string of the molecule is Cc1nc(C(=O)NCc2nc3ccccc3[nH]2)c(Cc2ccccc2)s1. The van der Waals surface area contributed by atoms with Crippen molar-refractivity contribution in [3.8, 4) is 0 Å². The summed E-state index contributed by atoms with van der Waals surface area (Å²) in [5.41, 5.74) is 3.53. The molecule has 0 saturated heterocycles. The highest BCUT2D eigenvalue weighted by Crippen LogP contribution is 2.22. The lowest BCUT2D eigenvalue weighted by molar-refractivity contribution is 0.0944. The standard InChI is InChI=1S/C20H18N4OS/c1-13-22-19(17(26-13)11-14-7-3-2-4-8-14)20(25)21-12-18-23-15-9-5-6-10-16(15)24-18/h2-10H,11-12H2,1H3,(H,21,25)(H,23,24). The first-order valence-corrected chi connectivity index (χ1v) is 9.23. The number of amides is 1. The maximum atomic E-state index is 12.6. The van der Waals surface area contributed by atoms with Crippen molar-refractivity contribution in [2.45, 2.75) is 19.9 Å². The number of nitrogens with zero attached hydrogens (tertiary/aromatic N) is 2. The first-order valence-electron chi connectivity index (χ1n) is 8.41. The number of para-hydroxylation sites is 2. The molecule has 0 aliphatic heterocycles. The summed E-state index contributed by atoms with van der Waals surface area (Å²) < 4.78 is 0. The second kappa shape index (κ2) is 7.09. The highest BCUT2D eigenvalue weighted by molar-refractivity contribution is 7.11. The van der Waals surface area contributed by atoms with Crippen LogP contribution in [0.2, 0.25) is 0 Å². The summed E-state index contributed by atoms with van der Waals surface area (Å²) in [6.45, 7) is 2.27. The zero-order valence-electron chi connectivity index (χ0n) is 14.3. The van der Waals surface area contributed by atoms with Gasteiger partial charge < -0.3 is 10.3 Å². The Bertz CT molecular complexity index is 1020. The molecule has 0 aliphatic rings. The molecule has 4 aromatic rings. The molecule has 0 saturated carbocycles. The first-order chi connectivity index (χ1) is 12.7. The van der Waals surface area contributed by atoms with E-state index in [1.54, 1.807) is 11.3 Å². The van der Waals surface area contributed by atoms with Crippen molar-refractivity contribution in [3.63, 3.8) is 0 Å². The summed E-state index contributed by atoms with van der Waals surface area (Å²) in [6.07, 6.45) is 0.708. The molecule has 0 radical (unpaired) electrons. The highest BCUT2D eigenvalue weighted by Gasteiger charge is 2.17. The van der Waals surface area contributed by atoms with Crippen molar-refractivity contribution in [2.75, 3.05) is 0 Å². The molecule has 6 heteroatoms. The summed E-state index contributed by atoms with van der Waals surface area (Å²) in [7, 11) is 0. The van der Waals surface area contributed by atoms with Crippen LogP contribution in [0.4, 0.5) is 0 Å². The Hall–Kier alpha value is -2.99. The van der Waals surface area contributed by atoms with Gasteiger partial charge in [-0.3, -0.25) is 4.79 Å². The van der Waals surface area contributed by atoms with Gasteiger partial charge in [0.05, 0.1) is 22.6 Å². The number of fused-ring (bicyclic) bond motifs is 1. The third kappa shape index (κ3) is 3.50. The Morgan fingerprint density at radius 2 is 1.85 bits per heavy atom. The fourth-order valence-corrected chi connectivity index (χ4v) is 3.85. The maximum Gasteiger partial charge on any atom is 0.271 e. The molecule has 5 nitrogen and oxygen atoms in total. The van der Waals surface area contributed by atoms with Crippen molar-refractivity contribution in [3.05, 3.63) is 81.6 Å². The molecular formula is C20H18N4OS. The third-order valence-electron chi connectivity index (χ3n) is 4.08. The number of aromatic nitrogens is 3. The van der Waals surface area contributed by atoms with Crippen molar-refractivity contribution in [1.82, 2.24) is 20.3 Å². The number of H-pyrrole nitrogens is 1. The Morgan fingerprint density at radius 1 is 1.08 bits per heavy atom. The lowest BCUT2D eigenvalue weighted by Gasteiger charge is -2.04. The van der Waals surface area contributed by atoms with E-state index in [2.05, 4.69) is 32.4 Å². The number of thiazole rings is 1. The minimum absolute atomic E-state index is 0.166. The van der Waals surface area contributed by atoms with Gasteiger partial charge in [-0.05, 0) is 24.6 Å². The number of aryl methyl sites for hydroxylation is 1. The van der Waals surface area contributed by atoms with Crippen LogP contribution in [0.3, 0.4) is 0 Å². The van der Waals surface area contributed by atoms with E-state index < -0.39 is 0 Å². The van der Waals surface area contributed by atoms with Crippen LogP contribution in [0.15, 0.2) is 54.6 Å². The van der Waals surface area contributed by atoms with Crippen LogP contribution in [-0.4, -0.2) is 20.9 Å². The smallest absolute Gasteiger partial charge is 0.271 e. The topological polar surface area (TPSA) is 70.7 Å². The van der Waals surface area contributed by atoms with Gasteiger partial charge in [0, 0.05) is 11.3 Å². The lowest BCUT2D eigenvalue weighted by Crippen LogP contribution is -2.24. The summed E-state index contributed by atoms with van der Waals surface area (Å²) >= 11 is 1.57. The maximum absolute atomic E-state index is 12.6. The predicted molar refractivity (Wildman–Crippen MR) is 103 cm³/mol. The molecule has 0 bridgehead atoms. The minimum atomic E-state index is -0.166. The van der Waals surface area contributed by atoms with Crippen LogP contribution < -0.4 is 5.32 Å². The van der Waals surface area contributed by atoms with E-state index in [0.29, 0.717) is 18.7 Å². The summed E-state index contributed by atoms with van der Waals surface area (Å²) in [5, 5.41) is 3.82. The van der Waals surface area contributed by atoms with Crippen LogP contribution in [0.5, 0.6) is 0 Å². The van der Waals surface area contributed by atoms with Gasteiger partial charge in [0.15, 0.2) is 0 Å². The van der Waals surface area contributed by atoms with Gasteiger partial charge in [0.1, 0.15) is 11.5 Å². The van der Waals surface area contributed by atoms with Gasteiger partial charge in [-0.15, -0.1) is 11.3 Å². The Labute approximate surface area is 155 Å². The molecule has 2 aromatic heterocycles. The molecule has 0 atom stereocenters. The third-order valence-corrected chi connectivity index (χ3v) is 5.05. The van der Waals surface area contributed by atoms with Gasteiger partial charge >= 0.3 is 0 Å². The van der Waals surface area contributed by atoms with E-state index in [1.807, 2.05) is 49.4 Å². The van der Waals surface area contributed by atoms with E-state index in [0.717, 1.165) is 26.7 Å². The minimum Gasteiger partial charge on any atom is -0.343 e. The Morgan fingerprint density at radius 3 is 2.65 bits per heavy atom. The number of nitrogens with one attached hydrogen (secondary N) is 2. The second-order valence-electron chi connectivity index (χ2n) is 6.05. The van der Waals surface area contributed by atoms with Crippen molar-refractivity contribution < 1.29 is 4.79 Å². The molecular weight excluding hydrogens is 344 g/mol. The Kier molecular flexibility index (Phi) is 4.50. The predicted octanol–water partition coefficient (Wildman–Crippen LogP) is 3.85. The highest BCUT2D eigenvalue weighted by atomic mass is 32.1. The van der Waals surface area contributed by atoms with Gasteiger partial charge in [0.25, 0.3) is 5.91 Å². The van der Waals surface area contributed by atoms with Gasteiger partial charge in [-0.2, -0.15) is 0 Å². The number of hydrogen-bond donors (Lipinski definition) is 2. The van der Waals surface area contributed by atoms with Gasteiger partial charge in [-0.25, -0.2) is 9.97 Å². The van der Waals surface area contributed by atoms with Crippen LogP contribution in [0.25, 0.3) is 11.0 Å². The van der Waals surface area contributed by atoms with Crippen molar-refractivity contribution in [2.24, 2.45) is 0 Å². The van der Waals surface area contributed by atoms with Crippen LogP contribution in [0, 0.1) is 6.92 Å². The Balaban J connectivity index is 1.49. The van der Waals surface area contributed by atoms with Gasteiger partial charge in [0.2, 0.25) is 0 Å². The van der Waals surface area contributed by atoms with Crippen molar-refractivity contribution in [1.29, 1.82) is 0 Å². The molecule has 130 valence electrons. The molecule has 0 unspecified atom stereocenters. The molecule has 4 rings (SSSR count). The second-order valence-corrected chi connectivity index (χ2v) is 7.34. The summed E-state index contributed by atoms with van der Waals surface area (Å²) in [4.78, 5) is 25.8. The fourth-order valence-electron chi connectivity index (χ4n) is 2.88. The van der Waals surface area contributed by atoms with E-state index in [-0.39, 0.29) is 5.91 Å². The fraction of sp³-hybridized carbons (Fsp3) is 0.150.